The summed E-state index contributed by atoms with van der Waals surface area (Å²) in [4.78, 5) is 23.3. The third-order valence-electron chi connectivity index (χ3n) is 3.20. The second kappa shape index (κ2) is 8.41. The van der Waals surface area contributed by atoms with Gasteiger partial charge in [0.05, 0.1) is 17.3 Å². The molecule has 2 aromatic rings. The summed E-state index contributed by atoms with van der Waals surface area (Å²) >= 11 is 0. The number of amides is 1. The molecule has 0 aliphatic carbocycles. The second-order valence-corrected chi connectivity index (χ2v) is 5.21. The summed E-state index contributed by atoms with van der Waals surface area (Å²) in [6, 6.07) is 13.0. The summed E-state index contributed by atoms with van der Waals surface area (Å²) in [7, 11) is 0. The Balaban J connectivity index is 1.83. The van der Waals surface area contributed by atoms with Crippen molar-refractivity contribution in [1.29, 1.82) is 5.26 Å². The maximum atomic E-state index is 13.6. The highest BCUT2D eigenvalue weighted by molar-refractivity contribution is 5.94. The lowest BCUT2D eigenvalue weighted by Gasteiger charge is -2.07. The van der Waals surface area contributed by atoms with Crippen molar-refractivity contribution in [2.75, 3.05) is 11.9 Å². The number of nitrogens with one attached hydrogen (secondary N) is 1. The molecule has 0 saturated heterocycles. The number of hydrogen-bond acceptors (Lipinski definition) is 4. The normalized spacial score (nSPS) is 10.3. The first-order valence-electron chi connectivity index (χ1n) is 7.39. The largest absolute Gasteiger partial charge is 0.452 e. The van der Waals surface area contributed by atoms with Crippen LogP contribution in [0.5, 0.6) is 0 Å². The zero-order valence-electron chi connectivity index (χ0n) is 13.5. The van der Waals surface area contributed by atoms with E-state index < -0.39 is 24.3 Å². The molecule has 0 atom stereocenters. The molecule has 0 spiro atoms. The number of carbonyl (C=O) groups excluding carboxylic acids is 2. The minimum atomic E-state index is -0.705. The Bertz CT molecular complexity index is 852. The third kappa shape index (κ3) is 5.59. The molecule has 0 aliphatic heterocycles. The van der Waals surface area contributed by atoms with E-state index in [9.17, 15) is 14.0 Å². The van der Waals surface area contributed by atoms with Crippen molar-refractivity contribution in [3.8, 4) is 6.07 Å². The van der Waals surface area contributed by atoms with Crippen LogP contribution in [-0.2, 0) is 14.3 Å². The lowest BCUT2D eigenvalue weighted by atomic mass is 10.1. The maximum absolute atomic E-state index is 13.6. The summed E-state index contributed by atoms with van der Waals surface area (Å²) in [5.74, 6) is -1.90. The highest BCUT2D eigenvalue weighted by atomic mass is 19.1. The maximum Gasteiger partial charge on any atom is 0.331 e. The minimum Gasteiger partial charge on any atom is -0.452 e. The number of rotatable bonds is 5. The average Bonchev–Trinajstić information content (AvgIpc) is 2.61. The molecule has 0 fully saturated rings. The fourth-order valence-electron chi connectivity index (χ4n) is 1.93. The van der Waals surface area contributed by atoms with Gasteiger partial charge in [0.25, 0.3) is 5.91 Å². The fourth-order valence-corrected chi connectivity index (χ4v) is 1.93. The number of nitrogens with zero attached hydrogens (tertiary/aromatic N) is 1. The van der Waals surface area contributed by atoms with Crippen molar-refractivity contribution in [3.63, 3.8) is 0 Å². The first-order chi connectivity index (χ1) is 12.0. The van der Waals surface area contributed by atoms with Gasteiger partial charge in [-0.3, -0.25) is 4.79 Å². The molecular formula is C19H15FN2O3. The molecular weight excluding hydrogens is 323 g/mol. The molecule has 0 radical (unpaired) electrons. The number of nitriles is 1. The molecule has 5 nitrogen and oxygen atoms in total. The number of hydrogen-bond donors (Lipinski definition) is 1. The number of benzene rings is 2. The van der Waals surface area contributed by atoms with Crippen LogP contribution in [0.3, 0.4) is 0 Å². The summed E-state index contributed by atoms with van der Waals surface area (Å²) in [6.07, 6.45) is 2.67. The van der Waals surface area contributed by atoms with Crippen LogP contribution in [-0.4, -0.2) is 18.5 Å². The van der Waals surface area contributed by atoms with Crippen molar-refractivity contribution >= 4 is 23.6 Å². The summed E-state index contributed by atoms with van der Waals surface area (Å²) in [6.45, 7) is 1.21. The van der Waals surface area contributed by atoms with Crippen LogP contribution in [0.1, 0.15) is 16.7 Å². The van der Waals surface area contributed by atoms with Gasteiger partial charge >= 0.3 is 5.97 Å². The molecule has 126 valence electrons. The number of ether oxygens (including phenoxy) is 1. The van der Waals surface area contributed by atoms with Crippen LogP contribution in [0, 0.1) is 24.1 Å². The first kappa shape index (κ1) is 17.9. The van der Waals surface area contributed by atoms with Gasteiger partial charge in [-0.2, -0.15) is 5.26 Å². The standard InChI is InChI=1S/C19H15FN2O3/c1-13-2-8-17(16(20)10-13)22-18(23)12-25-19(24)9-7-14-3-5-15(11-21)6-4-14/h2-10H,12H2,1H3,(H,22,23)/b9-7+. The van der Waals surface area contributed by atoms with Crippen molar-refractivity contribution in [2.45, 2.75) is 6.92 Å². The van der Waals surface area contributed by atoms with Crippen molar-refractivity contribution in [3.05, 3.63) is 71.0 Å². The van der Waals surface area contributed by atoms with E-state index in [2.05, 4.69) is 5.32 Å². The lowest BCUT2D eigenvalue weighted by molar-refractivity contribution is -0.142. The minimum absolute atomic E-state index is 0.0276. The zero-order chi connectivity index (χ0) is 18.2. The third-order valence-corrected chi connectivity index (χ3v) is 3.20. The lowest BCUT2D eigenvalue weighted by Crippen LogP contribution is -2.20. The van der Waals surface area contributed by atoms with Crippen LogP contribution >= 0.6 is 0 Å². The highest BCUT2D eigenvalue weighted by Gasteiger charge is 2.09. The van der Waals surface area contributed by atoms with Crippen LogP contribution in [0.2, 0.25) is 0 Å². The van der Waals surface area contributed by atoms with E-state index in [0.717, 1.165) is 5.56 Å². The quantitative estimate of drug-likeness (QED) is 0.671. The van der Waals surface area contributed by atoms with Gasteiger partial charge in [0.1, 0.15) is 5.82 Å². The molecule has 1 N–H and O–H groups in total. The fraction of sp³-hybridized carbons (Fsp3) is 0.105. The smallest absolute Gasteiger partial charge is 0.331 e. The SMILES string of the molecule is Cc1ccc(NC(=O)COC(=O)/C=C/c2ccc(C#N)cc2)c(F)c1. The Kier molecular flexibility index (Phi) is 6.02. The summed E-state index contributed by atoms with van der Waals surface area (Å²) in [5.41, 5.74) is 1.98. The Hall–Kier alpha value is -3.46. The number of aryl methyl sites for hydroxylation is 1. The Labute approximate surface area is 144 Å². The van der Waals surface area contributed by atoms with Crippen molar-refractivity contribution < 1.29 is 18.7 Å². The van der Waals surface area contributed by atoms with Gasteiger partial charge < -0.3 is 10.1 Å². The van der Waals surface area contributed by atoms with Gasteiger partial charge in [0.2, 0.25) is 0 Å². The monoisotopic (exact) mass is 338 g/mol. The number of esters is 1. The molecule has 0 unspecified atom stereocenters. The predicted molar refractivity (Wildman–Crippen MR) is 90.9 cm³/mol. The van der Waals surface area contributed by atoms with Gasteiger partial charge in [0.15, 0.2) is 6.61 Å². The van der Waals surface area contributed by atoms with E-state index in [1.54, 1.807) is 37.3 Å². The molecule has 1 amide bonds. The van der Waals surface area contributed by atoms with Gasteiger partial charge in [-0.15, -0.1) is 0 Å². The van der Waals surface area contributed by atoms with Crippen LogP contribution in [0.4, 0.5) is 10.1 Å². The van der Waals surface area contributed by atoms with E-state index in [4.69, 9.17) is 10.00 Å². The molecule has 0 aliphatic rings. The average molecular weight is 338 g/mol. The Morgan fingerprint density at radius 2 is 1.96 bits per heavy atom. The van der Waals surface area contributed by atoms with Crippen LogP contribution < -0.4 is 5.32 Å². The van der Waals surface area contributed by atoms with Crippen LogP contribution in [0.15, 0.2) is 48.5 Å². The van der Waals surface area contributed by atoms with E-state index in [-0.39, 0.29) is 5.69 Å². The van der Waals surface area contributed by atoms with E-state index in [0.29, 0.717) is 11.1 Å². The van der Waals surface area contributed by atoms with Gasteiger partial charge in [0, 0.05) is 6.08 Å². The topological polar surface area (TPSA) is 79.2 Å². The summed E-state index contributed by atoms with van der Waals surface area (Å²) < 4.78 is 18.4. The number of halogens is 1. The second-order valence-electron chi connectivity index (χ2n) is 5.21. The van der Waals surface area contributed by atoms with Gasteiger partial charge in [-0.1, -0.05) is 18.2 Å². The molecule has 0 bridgehead atoms. The van der Waals surface area contributed by atoms with Gasteiger partial charge in [-0.05, 0) is 48.4 Å². The predicted octanol–water partition coefficient (Wildman–Crippen LogP) is 3.20. The van der Waals surface area contributed by atoms with Crippen molar-refractivity contribution in [2.24, 2.45) is 0 Å². The molecule has 0 aromatic heterocycles. The van der Waals surface area contributed by atoms with Crippen LogP contribution in [0.25, 0.3) is 6.08 Å². The molecule has 2 aromatic carbocycles. The number of anilines is 1. The Morgan fingerprint density at radius 1 is 1.24 bits per heavy atom. The zero-order valence-corrected chi connectivity index (χ0v) is 13.5. The Morgan fingerprint density at radius 3 is 2.60 bits per heavy atom. The van der Waals surface area contributed by atoms with E-state index in [1.807, 2.05) is 6.07 Å². The van der Waals surface area contributed by atoms with E-state index in [1.165, 1.54) is 24.3 Å². The molecule has 25 heavy (non-hydrogen) atoms. The first-order valence-corrected chi connectivity index (χ1v) is 7.39. The molecule has 2 rings (SSSR count). The van der Waals surface area contributed by atoms with Crippen molar-refractivity contribution in [1.82, 2.24) is 0 Å². The number of carbonyl (C=O) groups is 2. The molecule has 0 saturated carbocycles. The van der Waals surface area contributed by atoms with Gasteiger partial charge in [-0.25, -0.2) is 9.18 Å². The summed E-state index contributed by atoms with van der Waals surface area (Å²) in [5, 5.41) is 11.0. The highest BCUT2D eigenvalue weighted by Crippen LogP contribution is 2.15. The van der Waals surface area contributed by atoms with E-state index >= 15 is 0 Å². The molecule has 0 heterocycles. The molecule has 6 heteroatoms.